The molecule has 0 spiro atoms. The standard InChI is InChI=1S/C26H47NOSi.Ti/c1-7-29(8-2)23-17-15-13-11-9-10-12-14-16-18-26(23,25(27)28)24-21(5)19(3)20(4)22(24)6;/h21,23,29H,7-18H2,1-6H3,(H2,27,28);/p-1. The fraction of sp³-hybridized carbons (Fsp3) is 0.808. The summed E-state index contributed by atoms with van der Waals surface area (Å²) in [6, 6.07) is 2.50. The van der Waals surface area contributed by atoms with Crippen LogP contribution in [0.5, 0.6) is 0 Å². The van der Waals surface area contributed by atoms with Crippen molar-refractivity contribution in [1.82, 2.24) is 0 Å². The van der Waals surface area contributed by atoms with Crippen molar-refractivity contribution in [3.8, 4) is 0 Å². The van der Waals surface area contributed by atoms with E-state index in [4.69, 9.17) is 5.73 Å². The van der Waals surface area contributed by atoms with Crippen molar-refractivity contribution >= 4 is 14.7 Å². The third-order valence-corrected chi connectivity index (χ3v) is 12.8. The summed E-state index contributed by atoms with van der Waals surface area (Å²) < 4.78 is 0. The van der Waals surface area contributed by atoms with E-state index in [1.807, 2.05) is 0 Å². The van der Waals surface area contributed by atoms with Crippen LogP contribution in [-0.4, -0.2) is 14.7 Å². The molecule has 0 aliphatic heterocycles. The van der Waals surface area contributed by atoms with E-state index in [0.717, 1.165) is 12.8 Å². The molecular formula is C26H46NOSiTi-. The molecular weight excluding hydrogens is 418 g/mol. The molecule has 1 saturated carbocycles. The zero-order chi connectivity index (χ0) is 21.6. The maximum Gasteiger partial charge on any atom is 0.0592 e. The van der Waals surface area contributed by atoms with E-state index < -0.39 is 14.2 Å². The van der Waals surface area contributed by atoms with Crippen molar-refractivity contribution in [2.45, 2.75) is 123 Å². The summed E-state index contributed by atoms with van der Waals surface area (Å²) in [5, 5.41) is 0. The van der Waals surface area contributed by atoms with Crippen molar-refractivity contribution < 1.29 is 26.5 Å². The minimum Gasteiger partial charge on any atom is -0.667 e. The number of amides is 1. The summed E-state index contributed by atoms with van der Waals surface area (Å²) in [6.07, 6.45) is 12.3. The average Bonchev–Trinajstić information content (AvgIpc) is 2.88. The van der Waals surface area contributed by atoms with Crippen molar-refractivity contribution in [2.75, 3.05) is 0 Å². The smallest absolute Gasteiger partial charge is 0.0592 e. The van der Waals surface area contributed by atoms with Crippen LogP contribution in [-0.2, 0) is 26.5 Å². The van der Waals surface area contributed by atoms with E-state index in [1.165, 1.54) is 85.7 Å². The van der Waals surface area contributed by atoms with Crippen LogP contribution < -0.4 is 0 Å². The Morgan fingerprint density at radius 1 is 0.933 bits per heavy atom. The second-order valence-electron chi connectivity index (χ2n) is 9.92. The number of carbonyl (C=O) groups excluding carboxylic acids is 1. The molecule has 0 saturated heterocycles. The molecule has 170 valence electrons. The predicted molar refractivity (Wildman–Crippen MR) is 130 cm³/mol. The van der Waals surface area contributed by atoms with Gasteiger partial charge in [-0.15, -0.1) is 0 Å². The topological polar surface area (TPSA) is 40.9 Å². The zero-order valence-electron chi connectivity index (χ0n) is 20.6. The molecule has 2 rings (SSSR count). The number of allylic oxidation sites excluding steroid dienone is 3. The Hall–Kier alpha value is -0.119. The van der Waals surface area contributed by atoms with Crippen molar-refractivity contribution in [2.24, 2.45) is 11.3 Å². The number of hydrogen-bond donors (Lipinski definition) is 0. The third kappa shape index (κ3) is 5.62. The molecule has 0 aromatic carbocycles. The van der Waals surface area contributed by atoms with Gasteiger partial charge >= 0.3 is 0 Å². The maximum atomic E-state index is 13.4. The van der Waals surface area contributed by atoms with Gasteiger partial charge in [-0.2, -0.15) is 0 Å². The summed E-state index contributed by atoms with van der Waals surface area (Å²) in [5.74, 6) is 0.0609. The van der Waals surface area contributed by atoms with Crippen LogP contribution >= 0.6 is 0 Å². The first kappa shape index (κ1) is 27.9. The van der Waals surface area contributed by atoms with E-state index in [1.54, 1.807) is 0 Å². The molecule has 0 bridgehead atoms. The number of hydrogen-bond acceptors (Lipinski definition) is 1. The van der Waals surface area contributed by atoms with Gasteiger partial charge in [-0.25, -0.2) is 0 Å². The molecule has 0 radical (unpaired) electrons. The second-order valence-corrected chi connectivity index (χ2v) is 13.9. The molecule has 0 heterocycles. The first-order chi connectivity index (χ1) is 13.8. The molecule has 2 aliphatic carbocycles. The van der Waals surface area contributed by atoms with E-state index >= 15 is 0 Å². The fourth-order valence-electron chi connectivity index (χ4n) is 6.58. The molecule has 0 aromatic rings. The molecule has 1 amide bonds. The van der Waals surface area contributed by atoms with Gasteiger partial charge in [-0.3, -0.25) is 0 Å². The predicted octanol–water partition coefficient (Wildman–Crippen LogP) is 8.40. The summed E-state index contributed by atoms with van der Waals surface area (Å²) >= 11 is 0. The third-order valence-electron chi connectivity index (χ3n) is 8.61. The SMILES string of the molecule is CC[SiH](CC)C1CCCCCCCCCCC1(C([NH-])=O)C1=C(C)C(C)=C(C)C1C.[Ti]. The summed E-state index contributed by atoms with van der Waals surface area (Å²) in [7, 11) is -1.11. The Morgan fingerprint density at radius 3 is 1.87 bits per heavy atom. The van der Waals surface area contributed by atoms with E-state index in [-0.39, 0.29) is 27.6 Å². The van der Waals surface area contributed by atoms with E-state index in [0.29, 0.717) is 11.5 Å². The molecule has 3 unspecified atom stereocenters. The Labute approximate surface area is 203 Å². The summed E-state index contributed by atoms with van der Waals surface area (Å²) in [4.78, 5) is 13.4. The van der Waals surface area contributed by atoms with Gasteiger partial charge < -0.3 is 10.5 Å². The second kappa shape index (κ2) is 12.8. The average molecular weight is 465 g/mol. The minimum atomic E-state index is -1.11. The van der Waals surface area contributed by atoms with Crippen LogP contribution in [0.15, 0.2) is 22.3 Å². The van der Waals surface area contributed by atoms with Gasteiger partial charge in [0.1, 0.15) is 0 Å². The van der Waals surface area contributed by atoms with Crippen molar-refractivity contribution in [1.29, 1.82) is 0 Å². The number of carbonyl (C=O) groups is 1. The van der Waals surface area contributed by atoms with E-state index in [9.17, 15) is 4.79 Å². The Kier molecular flexibility index (Phi) is 11.9. The summed E-state index contributed by atoms with van der Waals surface area (Å²) in [5.41, 5.74) is 14.1. The van der Waals surface area contributed by atoms with Crippen LogP contribution in [0.2, 0.25) is 17.6 Å². The van der Waals surface area contributed by atoms with Crippen LogP contribution in [0, 0.1) is 11.3 Å². The molecule has 3 atom stereocenters. The van der Waals surface area contributed by atoms with Gasteiger partial charge in [0.05, 0.1) is 5.91 Å². The monoisotopic (exact) mass is 464 g/mol. The first-order valence-corrected chi connectivity index (χ1v) is 14.8. The van der Waals surface area contributed by atoms with E-state index in [2.05, 4.69) is 41.5 Å². The van der Waals surface area contributed by atoms with Gasteiger partial charge in [0.15, 0.2) is 0 Å². The van der Waals surface area contributed by atoms with Gasteiger partial charge in [-0.1, -0.05) is 96.2 Å². The van der Waals surface area contributed by atoms with Gasteiger partial charge in [-0.05, 0) is 55.4 Å². The summed E-state index contributed by atoms with van der Waals surface area (Å²) in [6.45, 7) is 13.7. The van der Waals surface area contributed by atoms with Crippen molar-refractivity contribution in [3.63, 3.8) is 0 Å². The maximum absolute atomic E-state index is 13.4. The Morgan fingerprint density at radius 2 is 1.43 bits per heavy atom. The minimum absolute atomic E-state index is 0. The quantitative estimate of drug-likeness (QED) is 0.377. The number of rotatable bonds is 5. The van der Waals surface area contributed by atoms with Crippen molar-refractivity contribution in [3.05, 3.63) is 28.0 Å². The van der Waals surface area contributed by atoms with Gasteiger partial charge in [0.2, 0.25) is 0 Å². The fourth-order valence-corrected chi connectivity index (χ4v) is 10.3. The van der Waals surface area contributed by atoms with Gasteiger partial charge in [0, 0.05) is 35.9 Å². The molecule has 1 fully saturated rings. The van der Waals surface area contributed by atoms with Crippen LogP contribution in [0.1, 0.15) is 106 Å². The molecule has 2 aliphatic rings. The molecule has 0 aromatic heterocycles. The largest absolute Gasteiger partial charge is 0.667 e. The number of nitrogens with one attached hydrogen (secondary N) is 1. The zero-order valence-corrected chi connectivity index (χ0v) is 23.3. The Balaban J connectivity index is 0.00000450. The Bertz CT molecular complexity index is 637. The van der Waals surface area contributed by atoms with Gasteiger partial charge in [0.25, 0.3) is 0 Å². The van der Waals surface area contributed by atoms with Crippen LogP contribution in [0.3, 0.4) is 0 Å². The normalized spacial score (nSPS) is 29.4. The molecule has 2 nitrogen and oxygen atoms in total. The molecule has 30 heavy (non-hydrogen) atoms. The van der Waals surface area contributed by atoms with Crippen LogP contribution in [0.4, 0.5) is 0 Å². The molecule has 4 heteroatoms. The first-order valence-electron chi connectivity index (χ1n) is 12.5. The van der Waals surface area contributed by atoms with Crippen LogP contribution in [0.25, 0.3) is 5.73 Å². The molecule has 1 N–H and O–H groups in total.